The van der Waals surface area contributed by atoms with Gasteiger partial charge in [-0.2, -0.15) is 13.2 Å². The molecule has 0 bridgehead atoms. The minimum atomic E-state index is -4.40. The number of benzene rings is 1. The van der Waals surface area contributed by atoms with Crippen molar-refractivity contribution >= 4 is 34.5 Å². The van der Waals surface area contributed by atoms with Gasteiger partial charge in [0.25, 0.3) is 0 Å². The first-order valence-corrected chi connectivity index (χ1v) is 7.13. The van der Waals surface area contributed by atoms with Gasteiger partial charge in [0.15, 0.2) is 0 Å². The summed E-state index contributed by atoms with van der Waals surface area (Å²) in [5, 5.41) is 10.0. The molecule has 0 saturated heterocycles. The summed E-state index contributed by atoms with van der Waals surface area (Å²) in [5.41, 5.74) is 0.0708. The molecule has 1 aromatic heterocycles. The van der Waals surface area contributed by atoms with Crippen LogP contribution < -0.4 is 0 Å². The van der Waals surface area contributed by atoms with Gasteiger partial charge < -0.3 is 5.11 Å². The summed E-state index contributed by atoms with van der Waals surface area (Å²) in [4.78, 5) is 0. The van der Waals surface area contributed by atoms with Crippen LogP contribution in [0, 0.1) is 0 Å². The summed E-state index contributed by atoms with van der Waals surface area (Å²) in [6.45, 7) is 0. The Bertz CT molecular complexity index is 610. The molecule has 0 radical (unpaired) electrons. The minimum absolute atomic E-state index is 0.0384. The van der Waals surface area contributed by atoms with Crippen molar-refractivity contribution in [2.45, 2.75) is 18.7 Å². The zero-order chi connectivity index (χ0) is 14.9. The van der Waals surface area contributed by atoms with Crippen molar-refractivity contribution in [3.63, 3.8) is 0 Å². The molecule has 0 aliphatic heterocycles. The van der Waals surface area contributed by atoms with E-state index in [1.165, 1.54) is 18.2 Å². The Hall–Kier alpha value is -0.750. The number of thiophene rings is 1. The maximum atomic E-state index is 12.6. The molecule has 0 aliphatic rings. The fourth-order valence-corrected chi connectivity index (χ4v) is 3.36. The van der Waals surface area contributed by atoms with Gasteiger partial charge in [-0.25, -0.2) is 0 Å². The van der Waals surface area contributed by atoms with Crippen LogP contribution in [-0.4, -0.2) is 5.11 Å². The van der Waals surface area contributed by atoms with E-state index in [-0.39, 0.29) is 6.42 Å². The van der Waals surface area contributed by atoms with Crippen LogP contribution >= 0.6 is 34.5 Å². The lowest BCUT2D eigenvalue weighted by Gasteiger charge is -2.12. The lowest BCUT2D eigenvalue weighted by atomic mass is 10.0. The zero-order valence-corrected chi connectivity index (χ0v) is 12.2. The molecule has 1 atom stereocenters. The Kier molecular flexibility index (Phi) is 4.64. The van der Waals surface area contributed by atoms with E-state index in [0.29, 0.717) is 19.8 Å². The van der Waals surface area contributed by atoms with Gasteiger partial charge in [-0.05, 0) is 17.7 Å². The largest absolute Gasteiger partial charge is 0.416 e. The molecule has 1 N–H and O–H groups in total. The highest BCUT2D eigenvalue weighted by Crippen LogP contribution is 2.36. The van der Waals surface area contributed by atoms with Crippen LogP contribution in [-0.2, 0) is 12.6 Å². The Morgan fingerprint density at radius 3 is 2.45 bits per heavy atom. The first kappa shape index (κ1) is 15.6. The molecule has 2 rings (SSSR count). The number of aliphatic hydroxyl groups excluding tert-OH is 1. The lowest BCUT2D eigenvalue weighted by molar-refractivity contribution is -0.137. The third-order valence-electron chi connectivity index (χ3n) is 2.73. The second kappa shape index (κ2) is 5.93. The van der Waals surface area contributed by atoms with Gasteiger partial charge in [-0.15, -0.1) is 11.3 Å². The quantitative estimate of drug-likeness (QED) is 0.798. The normalized spacial score (nSPS) is 13.5. The van der Waals surface area contributed by atoms with Gasteiger partial charge in [-0.1, -0.05) is 41.4 Å². The Labute approximate surface area is 127 Å². The van der Waals surface area contributed by atoms with E-state index >= 15 is 0 Å². The standard InChI is InChI=1S/C13H9Cl2F3OS/c14-11-6-9(12(15)20-11)10(19)5-7-2-1-3-8(4-7)13(16,17)18/h1-4,6,10,19H,5H2. The van der Waals surface area contributed by atoms with Crippen LogP contribution in [0.15, 0.2) is 30.3 Å². The molecule has 0 spiro atoms. The molecule has 108 valence electrons. The molecule has 0 amide bonds. The van der Waals surface area contributed by atoms with Crippen LogP contribution in [0.4, 0.5) is 13.2 Å². The molecular formula is C13H9Cl2F3OS. The molecule has 1 aromatic carbocycles. The summed E-state index contributed by atoms with van der Waals surface area (Å²) in [7, 11) is 0. The van der Waals surface area contributed by atoms with Crippen molar-refractivity contribution in [2.24, 2.45) is 0 Å². The highest BCUT2D eigenvalue weighted by atomic mass is 35.5. The average Bonchev–Trinajstić information content (AvgIpc) is 2.68. The zero-order valence-electron chi connectivity index (χ0n) is 9.92. The Morgan fingerprint density at radius 2 is 1.90 bits per heavy atom. The third kappa shape index (κ3) is 3.67. The summed E-state index contributed by atoms with van der Waals surface area (Å²) in [6.07, 6.45) is -5.35. The minimum Gasteiger partial charge on any atom is -0.388 e. The van der Waals surface area contributed by atoms with Crippen molar-refractivity contribution < 1.29 is 18.3 Å². The average molecular weight is 341 g/mol. The number of rotatable bonds is 3. The van der Waals surface area contributed by atoms with Crippen molar-refractivity contribution in [1.29, 1.82) is 0 Å². The maximum absolute atomic E-state index is 12.6. The predicted molar refractivity (Wildman–Crippen MR) is 74.4 cm³/mol. The smallest absolute Gasteiger partial charge is 0.388 e. The van der Waals surface area contributed by atoms with Crippen molar-refractivity contribution in [1.82, 2.24) is 0 Å². The molecule has 7 heteroatoms. The molecular weight excluding hydrogens is 332 g/mol. The molecule has 1 unspecified atom stereocenters. The number of alkyl halides is 3. The fourth-order valence-electron chi connectivity index (χ4n) is 1.79. The number of hydrogen-bond donors (Lipinski definition) is 1. The number of hydrogen-bond acceptors (Lipinski definition) is 2. The first-order chi connectivity index (χ1) is 9.27. The first-order valence-electron chi connectivity index (χ1n) is 5.56. The van der Waals surface area contributed by atoms with Gasteiger partial charge in [0.1, 0.15) is 4.34 Å². The van der Waals surface area contributed by atoms with Crippen molar-refractivity contribution in [3.05, 3.63) is 55.7 Å². The fraction of sp³-hybridized carbons (Fsp3) is 0.231. The van der Waals surface area contributed by atoms with Crippen LogP contribution in [0.5, 0.6) is 0 Å². The van der Waals surface area contributed by atoms with Gasteiger partial charge in [0, 0.05) is 12.0 Å². The van der Waals surface area contributed by atoms with E-state index in [1.54, 1.807) is 0 Å². The van der Waals surface area contributed by atoms with Crippen LogP contribution in [0.1, 0.15) is 22.8 Å². The van der Waals surface area contributed by atoms with Crippen LogP contribution in [0.3, 0.4) is 0 Å². The summed E-state index contributed by atoms with van der Waals surface area (Å²) in [6, 6.07) is 6.37. The summed E-state index contributed by atoms with van der Waals surface area (Å²) in [5.74, 6) is 0. The highest BCUT2D eigenvalue weighted by molar-refractivity contribution is 7.20. The summed E-state index contributed by atoms with van der Waals surface area (Å²) >= 11 is 12.8. The van der Waals surface area contributed by atoms with E-state index in [2.05, 4.69) is 0 Å². The SMILES string of the molecule is OC(Cc1cccc(C(F)(F)F)c1)c1cc(Cl)sc1Cl. The monoisotopic (exact) mass is 340 g/mol. The van der Waals surface area contributed by atoms with Gasteiger partial charge in [0.05, 0.1) is 16.0 Å². The lowest BCUT2D eigenvalue weighted by Crippen LogP contribution is -2.07. The molecule has 0 aliphatic carbocycles. The number of halogens is 5. The van der Waals surface area contributed by atoms with E-state index in [0.717, 1.165) is 23.5 Å². The van der Waals surface area contributed by atoms with E-state index in [4.69, 9.17) is 23.2 Å². The van der Waals surface area contributed by atoms with E-state index < -0.39 is 17.8 Å². The van der Waals surface area contributed by atoms with Crippen LogP contribution in [0.2, 0.25) is 8.67 Å². The van der Waals surface area contributed by atoms with Crippen LogP contribution in [0.25, 0.3) is 0 Å². The van der Waals surface area contributed by atoms with Crippen molar-refractivity contribution in [3.8, 4) is 0 Å². The number of aliphatic hydroxyl groups is 1. The van der Waals surface area contributed by atoms with Gasteiger partial charge in [0.2, 0.25) is 0 Å². The highest BCUT2D eigenvalue weighted by Gasteiger charge is 2.30. The molecule has 2 aromatic rings. The Morgan fingerprint density at radius 1 is 1.20 bits per heavy atom. The summed E-state index contributed by atoms with van der Waals surface area (Å²) < 4.78 is 38.6. The van der Waals surface area contributed by atoms with Gasteiger partial charge >= 0.3 is 6.18 Å². The maximum Gasteiger partial charge on any atom is 0.416 e. The van der Waals surface area contributed by atoms with E-state index in [9.17, 15) is 18.3 Å². The second-order valence-corrected chi connectivity index (χ2v) is 6.48. The molecule has 1 heterocycles. The predicted octanol–water partition coefficient (Wildman–Crippen LogP) is 5.35. The molecule has 20 heavy (non-hydrogen) atoms. The Balaban J connectivity index is 2.20. The topological polar surface area (TPSA) is 20.2 Å². The molecule has 0 fully saturated rings. The second-order valence-electron chi connectivity index (χ2n) is 4.20. The molecule has 1 nitrogen and oxygen atoms in total. The van der Waals surface area contributed by atoms with Gasteiger partial charge in [-0.3, -0.25) is 0 Å². The third-order valence-corrected chi connectivity index (χ3v) is 4.24. The van der Waals surface area contributed by atoms with Crippen molar-refractivity contribution in [2.75, 3.05) is 0 Å². The molecule has 0 saturated carbocycles. The van der Waals surface area contributed by atoms with E-state index in [1.807, 2.05) is 0 Å².